The van der Waals surface area contributed by atoms with E-state index in [-0.39, 0.29) is 11.4 Å². The van der Waals surface area contributed by atoms with E-state index in [4.69, 9.17) is 0 Å². The highest BCUT2D eigenvalue weighted by molar-refractivity contribution is 5.92. The number of halogens is 6. The van der Waals surface area contributed by atoms with Gasteiger partial charge in [-0.15, -0.1) is 10.2 Å². The van der Waals surface area contributed by atoms with Crippen LogP contribution in [0.5, 0.6) is 0 Å². The van der Waals surface area contributed by atoms with Crippen molar-refractivity contribution in [2.24, 2.45) is 7.05 Å². The van der Waals surface area contributed by atoms with Gasteiger partial charge in [-0.3, -0.25) is 9.48 Å². The predicted molar refractivity (Wildman–Crippen MR) is 114 cm³/mol. The molecule has 14 heteroatoms. The number of anilines is 1. The van der Waals surface area contributed by atoms with Crippen molar-refractivity contribution < 1.29 is 31.1 Å². The number of hydrogen-bond acceptors (Lipinski definition) is 5. The SMILES string of the molecule is C[C@H](c1cnnn1C)n1cc(-c2c(F)cc(NC(=O)Cc3cccc(C(F)(F)F)c3F)cc2F)nn1. The Balaban J connectivity index is 1.52. The van der Waals surface area contributed by atoms with Crippen LogP contribution in [0, 0.1) is 17.5 Å². The van der Waals surface area contributed by atoms with Gasteiger partial charge in [0.15, 0.2) is 0 Å². The van der Waals surface area contributed by atoms with E-state index >= 15 is 0 Å². The van der Waals surface area contributed by atoms with Crippen molar-refractivity contribution in [2.45, 2.75) is 25.6 Å². The molecule has 1 amide bonds. The lowest BCUT2D eigenvalue weighted by Crippen LogP contribution is -2.17. The molecule has 1 atom stereocenters. The standard InChI is InChI=1S/C22H17F6N7O/c1-11(18-9-29-32-34(18)2)35-10-17(31-33-35)20-15(23)7-13(8-16(20)24)30-19(36)6-12-4-3-5-14(21(12)25)22(26,27)28/h3-5,7-11H,6H2,1-2H3,(H,30,36)/t11-/m1/s1. The van der Waals surface area contributed by atoms with Gasteiger partial charge >= 0.3 is 6.18 Å². The van der Waals surface area contributed by atoms with E-state index < -0.39 is 58.7 Å². The fourth-order valence-electron chi connectivity index (χ4n) is 3.60. The van der Waals surface area contributed by atoms with Gasteiger partial charge in [0.1, 0.15) is 23.1 Å². The average molecular weight is 509 g/mol. The second kappa shape index (κ2) is 9.43. The number of rotatable bonds is 6. The van der Waals surface area contributed by atoms with Crippen LogP contribution >= 0.6 is 0 Å². The molecule has 36 heavy (non-hydrogen) atoms. The second-order valence-electron chi connectivity index (χ2n) is 7.86. The number of benzene rings is 2. The highest BCUT2D eigenvalue weighted by atomic mass is 19.4. The van der Waals surface area contributed by atoms with E-state index in [9.17, 15) is 31.1 Å². The molecule has 0 fully saturated rings. The molecule has 0 bridgehead atoms. The first kappa shape index (κ1) is 24.9. The zero-order valence-corrected chi connectivity index (χ0v) is 18.7. The Bertz CT molecular complexity index is 1410. The molecule has 8 nitrogen and oxygen atoms in total. The largest absolute Gasteiger partial charge is 0.419 e. The van der Waals surface area contributed by atoms with Gasteiger partial charge in [0, 0.05) is 12.7 Å². The number of nitrogens with one attached hydrogen (secondary N) is 1. The van der Waals surface area contributed by atoms with Gasteiger partial charge < -0.3 is 5.32 Å². The third kappa shape index (κ3) is 4.92. The maximum absolute atomic E-state index is 14.8. The smallest absolute Gasteiger partial charge is 0.326 e. The summed E-state index contributed by atoms with van der Waals surface area (Å²) in [6.07, 6.45) is -2.88. The molecule has 0 saturated heterocycles. The molecule has 2 aromatic heterocycles. The maximum Gasteiger partial charge on any atom is 0.419 e. The molecular formula is C22H17F6N7O. The van der Waals surface area contributed by atoms with Crippen LogP contribution in [0.4, 0.5) is 32.0 Å². The Morgan fingerprint density at radius 1 is 1.11 bits per heavy atom. The fraction of sp³-hybridized carbons (Fsp3) is 0.227. The lowest BCUT2D eigenvalue weighted by Gasteiger charge is -2.12. The summed E-state index contributed by atoms with van der Waals surface area (Å²) in [6.45, 7) is 1.76. The van der Waals surface area contributed by atoms with Gasteiger partial charge in [-0.25, -0.2) is 17.9 Å². The summed E-state index contributed by atoms with van der Waals surface area (Å²) in [6, 6.07) is 3.75. The first-order valence-corrected chi connectivity index (χ1v) is 10.4. The van der Waals surface area contributed by atoms with Gasteiger partial charge in [0.05, 0.1) is 41.7 Å². The Labute approximate surface area is 199 Å². The molecule has 4 rings (SSSR count). The fourth-order valence-corrected chi connectivity index (χ4v) is 3.60. The lowest BCUT2D eigenvalue weighted by atomic mass is 10.1. The zero-order chi connectivity index (χ0) is 26.2. The number of carbonyl (C=O) groups excluding carboxylic acids is 1. The highest BCUT2D eigenvalue weighted by Gasteiger charge is 2.35. The Morgan fingerprint density at radius 3 is 2.42 bits per heavy atom. The number of alkyl halides is 3. The number of carbonyl (C=O) groups is 1. The summed E-state index contributed by atoms with van der Waals surface area (Å²) in [5, 5.41) is 17.5. The van der Waals surface area contributed by atoms with Gasteiger partial charge in [-0.2, -0.15) is 13.2 Å². The van der Waals surface area contributed by atoms with Crippen LogP contribution in [0.25, 0.3) is 11.3 Å². The van der Waals surface area contributed by atoms with E-state index in [0.717, 1.165) is 24.3 Å². The minimum atomic E-state index is -4.94. The van der Waals surface area contributed by atoms with E-state index in [1.807, 2.05) is 0 Å². The summed E-state index contributed by atoms with van der Waals surface area (Å²) >= 11 is 0. The van der Waals surface area contributed by atoms with Crippen molar-refractivity contribution in [3.8, 4) is 11.3 Å². The summed E-state index contributed by atoms with van der Waals surface area (Å²) in [7, 11) is 1.67. The van der Waals surface area contributed by atoms with Crippen molar-refractivity contribution in [3.63, 3.8) is 0 Å². The monoisotopic (exact) mass is 509 g/mol. The first-order valence-electron chi connectivity index (χ1n) is 10.4. The molecule has 0 unspecified atom stereocenters. The van der Waals surface area contributed by atoms with Crippen molar-refractivity contribution in [1.29, 1.82) is 0 Å². The molecule has 0 radical (unpaired) electrons. The number of aryl methyl sites for hydroxylation is 1. The van der Waals surface area contributed by atoms with Crippen LogP contribution in [-0.2, 0) is 24.4 Å². The lowest BCUT2D eigenvalue weighted by molar-refractivity contribution is -0.140. The molecule has 4 aromatic rings. The second-order valence-corrected chi connectivity index (χ2v) is 7.86. The van der Waals surface area contributed by atoms with E-state index in [2.05, 4.69) is 25.9 Å². The third-order valence-electron chi connectivity index (χ3n) is 5.40. The topological polar surface area (TPSA) is 90.5 Å². The first-order chi connectivity index (χ1) is 17.0. The predicted octanol–water partition coefficient (Wildman–Crippen LogP) is 4.30. The molecule has 0 saturated carbocycles. The van der Waals surface area contributed by atoms with Crippen LogP contribution in [0.3, 0.4) is 0 Å². The molecule has 188 valence electrons. The summed E-state index contributed by atoms with van der Waals surface area (Å²) < 4.78 is 85.2. The number of hydrogen-bond donors (Lipinski definition) is 1. The van der Waals surface area contributed by atoms with Gasteiger partial charge in [-0.1, -0.05) is 22.6 Å². The number of nitrogens with zero attached hydrogens (tertiary/aromatic N) is 6. The molecule has 2 aromatic carbocycles. The van der Waals surface area contributed by atoms with Gasteiger partial charge in [0.25, 0.3) is 0 Å². The molecular weight excluding hydrogens is 492 g/mol. The summed E-state index contributed by atoms with van der Waals surface area (Å²) in [5.74, 6) is -4.70. The highest BCUT2D eigenvalue weighted by Crippen LogP contribution is 2.33. The van der Waals surface area contributed by atoms with Crippen molar-refractivity contribution in [2.75, 3.05) is 5.32 Å². The normalized spacial score (nSPS) is 12.6. The van der Waals surface area contributed by atoms with E-state index in [1.54, 1.807) is 14.0 Å². The quantitative estimate of drug-likeness (QED) is 0.392. The van der Waals surface area contributed by atoms with Crippen LogP contribution in [0.1, 0.15) is 29.8 Å². The minimum Gasteiger partial charge on any atom is -0.326 e. The molecule has 0 aliphatic carbocycles. The van der Waals surface area contributed by atoms with Crippen molar-refractivity contribution >= 4 is 11.6 Å². The van der Waals surface area contributed by atoms with Crippen LogP contribution in [0.2, 0.25) is 0 Å². The average Bonchev–Trinajstić information content (AvgIpc) is 3.43. The summed E-state index contributed by atoms with van der Waals surface area (Å²) in [4.78, 5) is 12.2. The van der Waals surface area contributed by atoms with Crippen LogP contribution in [-0.4, -0.2) is 35.9 Å². The minimum absolute atomic E-state index is 0.115. The number of amides is 1. The van der Waals surface area contributed by atoms with E-state index in [0.29, 0.717) is 11.8 Å². The van der Waals surface area contributed by atoms with Gasteiger partial charge in [0.2, 0.25) is 5.91 Å². The van der Waals surface area contributed by atoms with Crippen LogP contribution in [0.15, 0.2) is 42.7 Å². The molecule has 0 aliphatic rings. The third-order valence-corrected chi connectivity index (χ3v) is 5.40. The zero-order valence-electron chi connectivity index (χ0n) is 18.7. The Kier molecular flexibility index (Phi) is 6.52. The van der Waals surface area contributed by atoms with Gasteiger partial charge in [-0.05, 0) is 30.7 Å². The molecule has 0 aliphatic heterocycles. The molecule has 2 heterocycles. The van der Waals surface area contributed by atoms with E-state index in [1.165, 1.54) is 21.8 Å². The van der Waals surface area contributed by atoms with Crippen LogP contribution < -0.4 is 5.32 Å². The maximum atomic E-state index is 14.8. The van der Waals surface area contributed by atoms with Crippen molar-refractivity contribution in [3.05, 3.63) is 77.0 Å². The van der Waals surface area contributed by atoms with Crippen molar-refractivity contribution in [1.82, 2.24) is 30.0 Å². The summed E-state index contributed by atoms with van der Waals surface area (Å²) in [5.41, 5.74) is -2.30. The Morgan fingerprint density at radius 2 is 1.81 bits per heavy atom. The number of aromatic nitrogens is 6. The Hall–Kier alpha value is -4.23. The molecule has 0 spiro atoms. The molecule has 1 N–H and O–H groups in total.